The van der Waals surface area contributed by atoms with Crippen molar-refractivity contribution in [2.24, 2.45) is 0 Å². The minimum atomic E-state index is -0.434. The van der Waals surface area contributed by atoms with Gasteiger partial charge in [0.2, 0.25) is 0 Å². The Balaban J connectivity index is 1.22. The number of nitrogens with zero attached hydrogens (tertiary/aromatic N) is 6. The molecule has 1 spiro atoms. The molecule has 0 bridgehead atoms. The maximum Gasteiger partial charge on any atom is 0.273 e. The van der Waals surface area contributed by atoms with Crippen LogP contribution in [0.4, 0.5) is 0 Å². The highest BCUT2D eigenvalue weighted by Gasteiger charge is 2.51. The van der Waals surface area contributed by atoms with Gasteiger partial charge in [-0.05, 0) is 78.0 Å². The van der Waals surface area contributed by atoms with Crippen LogP contribution in [0.2, 0.25) is 10.0 Å². The smallest absolute Gasteiger partial charge is 0.273 e. The molecule has 6 rings (SSSR count). The number of H-pyrrole nitrogens is 1. The molecular weight excluding hydrogens is 605 g/mol. The van der Waals surface area contributed by atoms with Gasteiger partial charge in [0.15, 0.2) is 5.82 Å². The van der Waals surface area contributed by atoms with E-state index in [1.54, 1.807) is 30.5 Å². The fourth-order valence-corrected chi connectivity index (χ4v) is 6.15. The van der Waals surface area contributed by atoms with Gasteiger partial charge in [0, 0.05) is 42.5 Å². The summed E-state index contributed by atoms with van der Waals surface area (Å²) in [6.07, 6.45) is 4.04. The van der Waals surface area contributed by atoms with Crippen LogP contribution >= 0.6 is 39.1 Å². The Morgan fingerprint density at radius 2 is 1.90 bits per heavy atom. The normalized spacial score (nSPS) is 18.9. The third-order valence-corrected chi connectivity index (χ3v) is 8.67. The van der Waals surface area contributed by atoms with E-state index in [1.807, 2.05) is 34.9 Å². The Morgan fingerprint density at radius 3 is 2.64 bits per heavy atom. The fourth-order valence-electron chi connectivity index (χ4n) is 5.46. The maximum atomic E-state index is 13.8. The number of hydrogen-bond acceptors (Lipinski definition) is 5. The maximum absolute atomic E-state index is 13.8. The second-order valence-corrected chi connectivity index (χ2v) is 11.6. The first-order chi connectivity index (χ1) is 18.8. The molecule has 0 radical (unpaired) electrons. The molecule has 1 unspecified atom stereocenters. The van der Waals surface area contributed by atoms with E-state index in [9.17, 15) is 9.59 Å². The molecule has 1 aromatic carbocycles. The van der Waals surface area contributed by atoms with Crippen molar-refractivity contribution in [1.82, 2.24) is 34.8 Å². The Kier molecular flexibility index (Phi) is 6.73. The fraction of sp³-hybridized carbons (Fsp3) is 0.296. The molecule has 1 N–H and O–H groups in total. The van der Waals surface area contributed by atoms with Crippen LogP contribution in [0.15, 0.2) is 53.3 Å². The summed E-state index contributed by atoms with van der Waals surface area (Å²) in [5.74, 6) is 0.0810. The number of benzene rings is 1. The van der Waals surface area contributed by atoms with Crippen molar-refractivity contribution in [1.29, 1.82) is 0 Å². The van der Waals surface area contributed by atoms with Gasteiger partial charge < -0.3 is 9.80 Å². The monoisotopic (exact) mass is 627 g/mol. The van der Waals surface area contributed by atoms with Crippen molar-refractivity contribution < 1.29 is 9.59 Å². The highest BCUT2D eigenvalue weighted by atomic mass is 79.9. The molecule has 5 heterocycles. The van der Waals surface area contributed by atoms with Crippen LogP contribution in [0.5, 0.6) is 0 Å². The first-order valence-electron chi connectivity index (χ1n) is 12.6. The molecule has 2 amide bonds. The van der Waals surface area contributed by atoms with Gasteiger partial charge in [-0.1, -0.05) is 29.3 Å². The average Bonchev–Trinajstić information content (AvgIpc) is 3.57. The molecule has 1 atom stereocenters. The lowest BCUT2D eigenvalue weighted by atomic mass is 9.77. The first kappa shape index (κ1) is 26.0. The van der Waals surface area contributed by atoms with E-state index in [1.165, 1.54) is 4.68 Å². The topological polar surface area (TPSA) is 100 Å². The van der Waals surface area contributed by atoms with E-state index < -0.39 is 5.54 Å². The number of aromatic amines is 1. The number of hydrogen-bond donors (Lipinski definition) is 1. The van der Waals surface area contributed by atoms with Gasteiger partial charge in [0.1, 0.15) is 16.0 Å². The summed E-state index contributed by atoms with van der Waals surface area (Å²) in [6, 6.07) is 12.5. The van der Waals surface area contributed by atoms with Crippen LogP contribution in [-0.2, 0) is 0 Å². The van der Waals surface area contributed by atoms with Gasteiger partial charge in [-0.15, -0.1) is 0 Å². The Bertz CT molecular complexity index is 1600. The number of pyridine rings is 1. The van der Waals surface area contributed by atoms with E-state index in [0.717, 1.165) is 30.4 Å². The number of aryl methyl sites for hydroxylation is 1. The molecule has 0 saturated carbocycles. The number of carbonyl (C=O) groups excluding carboxylic acids is 2. The third kappa shape index (κ3) is 4.64. The Morgan fingerprint density at radius 1 is 1.05 bits per heavy atom. The minimum absolute atomic E-state index is 0.133. The zero-order valence-corrected chi connectivity index (χ0v) is 24.1. The number of nitrogens with one attached hydrogen (secondary N) is 1. The van der Waals surface area contributed by atoms with Crippen LogP contribution in [-0.4, -0.2) is 71.7 Å². The second-order valence-electron chi connectivity index (χ2n) is 9.97. The van der Waals surface area contributed by atoms with Gasteiger partial charge in [0.25, 0.3) is 11.8 Å². The number of carbonyl (C=O) groups is 2. The molecule has 2 aliphatic heterocycles. The second kappa shape index (κ2) is 10.1. The summed E-state index contributed by atoms with van der Waals surface area (Å²) in [5, 5.41) is 12.8. The molecule has 12 heteroatoms. The molecule has 0 aliphatic carbocycles. The van der Waals surface area contributed by atoms with Gasteiger partial charge in [-0.3, -0.25) is 14.7 Å². The lowest BCUT2D eigenvalue weighted by molar-refractivity contribution is -0.0406. The van der Waals surface area contributed by atoms with Crippen molar-refractivity contribution in [3.05, 3.63) is 80.3 Å². The van der Waals surface area contributed by atoms with Gasteiger partial charge >= 0.3 is 0 Å². The number of halogens is 3. The molecule has 9 nitrogen and oxygen atoms in total. The summed E-state index contributed by atoms with van der Waals surface area (Å²) < 4.78 is 1.98. The summed E-state index contributed by atoms with van der Waals surface area (Å²) in [7, 11) is 0. The molecule has 39 heavy (non-hydrogen) atoms. The van der Waals surface area contributed by atoms with Crippen LogP contribution in [0.25, 0.3) is 17.1 Å². The number of likely N-dealkylation sites (tertiary alicyclic amines) is 2. The summed E-state index contributed by atoms with van der Waals surface area (Å²) >= 11 is 15.9. The SMILES string of the molecule is Cc1cc(-c2cc(C(=O)N3CCCC4(CCN4C(=O)c4cc(Br)nn4-c4ncccc4Cl)C3)[nH]n2)ccc1Cl. The van der Waals surface area contributed by atoms with E-state index in [2.05, 4.69) is 36.2 Å². The van der Waals surface area contributed by atoms with Crippen molar-refractivity contribution >= 4 is 50.9 Å². The lowest BCUT2D eigenvalue weighted by Crippen LogP contribution is -2.69. The minimum Gasteiger partial charge on any atom is -0.335 e. The lowest BCUT2D eigenvalue weighted by Gasteiger charge is -2.56. The van der Waals surface area contributed by atoms with Gasteiger partial charge in [-0.25, -0.2) is 9.67 Å². The quantitative estimate of drug-likeness (QED) is 0.319. The van der Waals surface area contributed by atoms with Crippen molar-refractivity contribution in [2.45, 2.75) is 31.7 Å². The third-order valence-electron chi connectivity index (χ3n) is 7.56. The van der Waals surface area contributed by atoms with Crippen LogP contribution in [0, 0.1) is 6.92 Å². The predicted octanol–water partition coefficient (Wildman–Crippen LogP) is 5.56. The average molecular weight is 629 g/mol. The van der Waals surface area contributed by atoms with Gasteiger partial charge in [-0.2, -0.15) is 10.2 Å². The summed E-state index contributed by atoms with van der Waals surface area (Å²) in [4.78, 5) is 35.3. The molecule has 2 aliphatic rings. The highest BCUT2D eigenvalue weighted by Crippen LogP contribution is 2.40. The largest absolute Gasteiger partial charge is 0.335 e. The Labute approximate surface area is 243 Å². The summed E-state index contributed by atoms with van der Waals surface area (Å²) in [6.45, 7) is 3.60. The van der Waals surface area contributed by atoms with E-state index >= 15 is 0 Å². The number of piperidine rings is 1. The zero-order valence-electron chi connectivity index (χ0n) is 21.0. The van der Waals surface area contributed by atoms with Crippen LogP contribution in [0.1, 0.15) is 45.8 Å². The van der Waals surface area contributed by atoms with Crippen molar-refractivity contribution in [3.63, 3.8) is 0 Å². The molecule has 2 saturated heterocycles. The highest BCUT2D eigenvalue weighted by molar-refractivity contribution is 9.10. The van der Waals surface area contributed by atoms with Crippen molar-refractivity contribution in [2.75, 3.05) is 19.6 Å². The first-order valence-corrected chi connectivity index (χ1v) is 14.1. The molecule has 3 aromatic heterocycles. The predicted molar refractivity (Wildman–Crippen MR) is 151 cm³/mol. The Hall–Kier alpha value is -3.21. The zero-order chi connectivity index (χ0) is 27.3. The standard InChI is InChI=1S/C27H24BrCl2N7O2/c1-16-12-17(5-6-18(16)29)20-13-21(33-32-20)25(38)35-10-3-7-27(15-35)8-11-36(27)26(39)22-14-23(28)34-37(22)24-19(30)4-2-9-31-24/h2,4-6,9,12-14H,3,7-8,10-11,15H2,1H3,(H,32,33). The van der Waals surface area contributed by atoms with Crippen LogP contribution in [0.3, 0.4) is 0 Å². The van der Waals surface area contributed by atoms with Crippen LogP contribution < -0.4 is 0 Å². The van der Waals surface area contributed by atoms with Gasteiger partial charge in [0.05, 0.1) is 16.3 Å². The molecule has 4 aromatic rings. The van der Waals surface area contributed by atoms with Crippen molar-refractivity contribution in [3.8, 4) is 17.1 Å². The molecule has 200 valence electrons. The number of amides is 2. The molecule has 2 fully saturated rings. The molecular formula is C27H24BrCl2N7O2. The van der Waals surface area contributed by atoms with E-state index in [-0.39, 0.29) is 11.8 Å². The number of rotatable bonds is 4. The van der Waals surface area contributed by atoms with E-state index in [0.29, 0.717) is 57.2 Å². The summed E-state index contributed by atoms with van der Waals surface area (Å²) in [5.41, 5.74) is 2.85. The van der Waals surface area contributed by atoms with E-state index in [4.69, 9.17) is 23.2 Å². The number of aromatic nitrogens is 5.